The van der Waals surface area contributed by atoms with Crippen LogP contribution in [0.15, 0.2) is 35.5 Å². The van der Waals surface area contributed by atoms with Crippen LogP contribution in [0.4, 0.5) is 0 Å². The van der Waals surface area contributed by atoms with Gasteiger partial charge in [-0.2, -0.15) is 9.29 Å². The van der Waals surface area contributed by atoms with Crippen molar-refractivity contribution in [1.82, 2.24) is 14.3 Å². The third-order valence-corrected chi connectivity index (χ3v) is 6.65. The highest BCUT2D eigenvalue weighted by Gasteiger charge is 2.32. The van der Waals surface area contributed by atoms with Crippen molar-refractivity contribution in [2.24, 2.45) is 0 Å². The number of sulfonamides is 1. The number of hydrogen-bond donors (Lipinski definition) is 0. The summed E-state index contributed by atoms with van der Waals surface area (Å²) < 4.78 is 49.9. The first kappa shape index (κ1) is 19.7. The molecule has 1 aromatic heterocycles. The van der Waals surface area contributed by atoms with Crippen molar-refractivity contribution in [2.45, 2.75) is 30.3 Å². The summed E-state index contributed by atoms with van der Waals surface area (Å²) >= 11 is 0. The van der Waals surface area contributed by atoms with Gasteiger partial charge in [0, 0.05) is 19.0 Å². The SMILES string of the molecule is COc1cncc(OC2CCCN(S(=O)(=O)c3ccc4c(c3)OCCCO4)C2)n1. The molecule has 2 aliphatic rings. The van der Waals surface area contributed by atoms with Gasteiger partial charge in [-0.05, 0) is 25.0 Å². The molecule has 1 fully saturated rings. The highest BCUT2D eigenvalue weighted by atomic mass is 32.2. The number of methoxy groups -OCH3 is 1. The van der Waals surface area contributed by atoms with Crippen LogP contribution in [0.25, 0.3) is 0 Å². The van der Waals surface area contributed by atoms with Crippen LogP contribution in [-0.4, -0.2) is 62.2 Å². The summed E-state index contributed by atoms with van der Waals surface area (Å²) in [5.41, 5.74) is 0. The number of aromatic nitrogens is 2. The first-order chi connectivity index (χ1) is 14.1. The Balaban J connectivity index is 1.50. The molecule has 156 valence electrons. The average Bonchev–Trinajstić information content (AvgIpc) is 2.99. The summed E-state index contributed by atoms with van der Waals surface area (Å²) in [6, 6.07) is 4.74. The Hall–Kier alpha value is -2.59. The van der Waals surface area contributed by atoms with Crippen LogP contribution in [0.5, 0.6) is 23.3 Å². The van der Waals surface area contributed by atoms with Gasteiger partial charge in [0.1, 0.15) is 6.10 Å². The number of fused-ring (bicyclic) bond motifs is 1. The number of benzene rings is 1. The maximum absolute atomic E-state index is 13.2. The molecule has 2 aromatic rings. The van der Waals surface area contributed by atoms with Gasteiger partial charge in [0.15, 0.2) is 11.5 Å². The van der Waals surface area contributed by atoms with Crippen molar-refractivity contribution >= 4 is 10.0 Å². The van der Waals surface area contributed by atoms with Gasteiger partial charge in [0.2, 0.25) is 21.8 Å². The van der Waals surface area contributed by atoms with Crippen LogP contribution in [0.2, 0.25) is 0 Å². The summed E-state index contributed by atoms with van der Waals surface area (Å²) in [5.74, 6) is 1.68. The fraction of sp³-hybridized carbons (Fsp3) is 0.474. The minimum absolute atomic E-state index is 0.184. The highest BCUT2D eigenvalue weighted by Crippen LogP contribution is 2.33. The molecule has 0 spiro atoms. The van der Waals surface area contributed by atoms with Crippen molar-refractivity contribution in [3.63, 3.8) is 0 Å². The second kappa shape index (κ2) is 8.42. The summed E-state index contributed by atoms with van der Waals surface area (Å²) in [7, 11) is -2.19. The van der Waals surface area contributed by atoms with Crippen LogP contribution < -0.4 is 18.9 Å². The van der Waals surface area contributed by atoms with E-state index in [1.54, 1.807) is 12.1 Å². The van der Waals surface area contributed by atoms with Gasteiger partial charge < -0.3 is 18.9 Å². The molecule has 0 N–H and O–H groups in total. The van der Waals surface area contributed by atoms with Gasteiger partial charge >= 0.3 is 0 Å². The summed E-state index contributed by atoms with van der Waals surface area (Å²) in [6.07, 6.45) is 4.82. The molecule has 2 aliphatic heterocycles. The number of piperidine rings is 1. The van der Waals surface area contributed by atoms with Gasteiger partial charge in [-0.15, -0.1) is 0 Å². The molecule has 1 aromatic carbocycles. The second-order valence-corrected chi connectivity index (χ2v) is 8.74. The lowest BCUT2D eigenvalue weighted by Crippen LogP contribution is -2.44. The predicted octanol–water partition coefficient (Wildman–Crippen LogP) is 1.88. The average molecular weight is 421 g/mol. The largest absolute Gasteiger partial charge is 0.490 e. The molecule has 0 bridgehead atoms. The first-order valence-corrected chi connectivity index (χ1v) is 10.9. The zero-order valence-electron chi connectivity index (χ0n) is 16.1. The van der Waals surface area contributed by atoms with E-state index in [1.807, 2.05) is 0 Å². The molecule has 0 saturated carbocycles. The molecular weight excluding hydrogens is 398 g/mol. The number of hydrogen-bond acceptors (Lipinski definition) is 8. The molecule has 4 rings (SSSR count). The Kier molecular flexibility index (Phi) is 5.72. The van der Waals surface area contributed by atoms with E-state index >= 15 is 0 Å². The highest BCUT2D eigenvalue weighted by molar-refractivity contribution is 7.89. The van der Waals surface area contributed by atoms with E-state index in [4.69, 9.17) is 18.9 Å². The molecule has 0 radical (unpaired) electrons. The Morgan fingerprint density at radius 3 is 2.72 bits per heavy atom. The molecule has 9 nitrogen and oxygen atoms in total. The third kappa shape index (κ3) is 4.38. The number of rotatable bonds is 5. The third-order valence-electron chi connectivity index (χ3n) is 4.78. The maximum Gasteiger partial charge on any atom is 0.243 e. The molecular formula is C19H23N3O6S. The smallest absolute Gasteiger partial charge is 0.243 e. The van der Waals surface area contributed by atoms with Gasteiger partial charge in [-0.3, -0.25) is 4.98 Å². The van der Waals surface area contributed by atoms with E-state index in [-0.39, 0.29) is 17.5 Å². The first-order valence-electron chi connectivity index (χ1n) is 9.49. The fourth-order valence-electron chi connectivity index (χ4n) is 3.33. The van der Waals surface area contributed by atoms with E-state index < -0.39 is 10.0 Å². The molecule has 1 atom stereocenters. The summed E-state index contributed by atoms with van der Waals surface area (Å²) in [4.78, 5) is 8.38. The van der Waals surface area contributed by atoms with Crippen molar-refractivity contribution in [3.05, 3.63) is 30.6 Å². The van der Waals surface area contributed by atoms with E-state index in [2.05, 4.69) is 9.97 Å². The minimum atomic E-state index is -3.69. The van der Waals surface area contributed by atoms with Gasteiger partial charge in [-0.1, -0.05) is 0 Å². The Morgan fingerprint density at radius 2 is 1.90 bits per heavy atom. The molecule has 3 heterocycles. The lowest BCUT2D eigenvalue weighted by atomic mass is 10.1. The zero-order chi connectivity index (χ0) is 20.3. The Morgan fingerprint density at radius 1 is 1.10 bits per heavy atom. The van der Waals surface area contributed by atoms with E-state index in [1.165, 1.54) is 29.9 Å². The number of nitrogens with zero attached hydrogens (tertiary/aromatic N) is 3. The zero-order valence-corrected chi connectivity index (χ0v) is 16.9. The standard InChI is InChI=1S/C19H23N3O6S/c1-25-18-11-20-12-19(21-18)28-14-4-2-7-22(13-14)29(23,24)15-5-6-16-17(10-15)27-9-3-8-26-16/h5-6,10-12,14H,2-4,7-9,13H2,1H3. The monoisotopic (exact) mass is 421 g/mol. The van der Waals surface area contributed by atoms with Crippen LogP contribution >= 0.6 is 0 Å². The normalized spacial score (nSPS) is 20.0. The van der Waals surface area contributed by atoms with E-state index in [0.29, 0.717) is 49.4 Å². The van der Waals surface area contributed by atoms with Crippen LogP contribution in [0.3, 0.4) is 0 Å². The molecule has 29 heavy (non-hydrogen) atoms. The predicted molar refractivity (Wildman–Crippen MR) is 103 cm³/mol. The van der Waals surface area contributed by atoms with Crippen LogP contribution in [-0.2, 0) is 10.0 Å². The van der Waals surface area contributed by atoms with Crippen molar-refractivity contribution in [1.29, 1.82) is 0 Å². The fourth-order valence-corrected chi connectivity index (χ4v) is 4.86. The quantitative estimate of drug-likeness (QED) is 0.721. The number of ether oxygens (including phenoxy) is 4. The lowest BCUT2D eigenvalue weighted by Gasteiger charge is -2.31. The van der Waals surface area contributed by atoms with Crippen molar-refractivity contribution < 1.29 is 27.4 Å². The van der Waals surface area contributed by atoms with Gasteiger partial charge in [-0.25, -0.2) is 8.42 Å². The summed E-state index contributed by atoms with van der Waals surface area (Å²) in [5, 5.41) is 0. The van der Waals surface area contributed by atoms with Crippen LogP contribution in [0, 0.1) is 0 Å². The van der Waals surface area contributed by atoms with Gasteiger partial charge in [0.25, 0.3) is 0 Å². The molecule has 10 heteroatoms. The molecule has 0 aliphatic carbocycles. The van der Waals surface area contributed by atoms with E-state index in [0.717, 1.165) is 12.8 Å². The second-order valence-electron chi connectivity index (χ2n) is 6.80. The lowest BCUT2D eigenvalue weighted by molar-refractivity contribution is 0.123. The van der Waals surface area contributed by atoms with Crippen LogP contribution in [0.1, 0.15) is 19.3 Å². The Labute approximate surface area is 169 Å². The summed E-state index contributed by atoms with van der Waals surface area (Å²) in [6.45, 7) is 1.71. The molecule has 0 amide bonds. The topological polar surface area (TPSA) is 100 Å². The van der Waals surface area contributed by atoms with Gasteiger partial charge in [0.05, 0.1) is 44.2 Å². The maximum atomic E-state index is 13.2. The molecule has 1 unspecified atom stereocenters. The minimum Gasteiger partial charge on any atom is -0.490 e. The van der Waals surface area contributed by atoms with Crippen molar-refractivity contribution in [2.75, 3.05) is 33.4 Å². The Bertz CT molecular complexity index is 968. The van der Waals surface area contributed by atoms with E-state index in [9.17, 15) is 8.42 Å². The van der Waals surface area contributed by atoms with Crippen molar-refractivity contribution in [3.8, 4) is 23.3 Å². The molecule has 1 saturated heterocycles.